The monoisotopic (exact) mass is 441 g/mol. The molecule has 0 aliphatic heterocycles. The number of aryl methyl sites for hydroxylation is 1. The highest BCUT2D eigenvalue weighted by Crippen LogP contribution is 2.25. The molecule has 0 aliphatic carbocycles. The number of anilines is 2. The van der Waals surface area contributed by atoms with Gasteiger partial charge in [0.15, 0.2) is 0 Å². The molecule has 1 radical (unpaired) electrons. The zero-order chi connectivity index (χ0) is 24.3. The highest BCUT2D eigenvalue weighted by Gasteiger charge is 2.10. The molecule has 0 aliphatic rings. The molecule has 0 atom stereocenters. The molecule has 1 aromatic rings. The number of carbonyl (C=O) groups excluding carboxylic acids is 1. The Hall–Kier alpha value is -1.82. The van der Waals surface area contributed by atoms with Crippen LogP contribution in [0.4, 0.5) is 11.4 Å². The molecule has 0 aromatic heterocycles. The van der Waals surface area contributed by atoms with Crippen molar-refractivity contribution in [2.45, 2.75) is 61.8 Å². The molecule has 0 bridgehead atoms. The number of sulfone groups is 1. The number of hydrogen-bond donors (Lipinski definition) is 0. The minimum Gasteiger partial charge on any atom is -0.372 e. The molecule has 0 N–H and O–H groups in total. The van der Waals surface area contributed by atoms with Gasteiger partial charge in [-0.25, -0.2) is 8.42 Å². The first-order valence-corrected chi connectivity index (χ1v) is 12.7. The van der Waals surface area contributed by atoms with Crippen LogP contribution in [0.3, 0.4) is 0 Å². The van der Waals surface area contributed by atoms with E-state index >= 15 is 0 Å². The molecular weight excluding hydrogens is 396 g/mol. The molecule has 6 heteroatoms. The Balaban J connectivity index is -0.000000475. The molecule has 175 valence electrons. The van der Waals surface area contributed by atoms with E-state index in [0.717, 1.165) is 24.3 Å². The Morgan fingerprint density at radius 2 is 1.57 bits per heavy atom. The van der Waals surface area contributed by atoms with Gasteiger partial charge in [-0.05, 0) is 51.0 Å². The first kappa shape index (κ1) is 32.8. The van der Waals surface area contributed by atoms with E-state index in [-0.39, 0.29) is 17.4 Å². The molecule has 0 unspecified atom stereocenters. The van der Waals surface area contributed by atoms with E-state index in [2.05, 4.69) is 44.4 Å². The Labute approximate surface area is 187 Å². The summed E-state index contributed by atoms with van der Waals surface area (Å²) in [6, 6.07) is 6.14. The molecule has 0 fully saturated rings. The van der Waals surface area contributed by atoms with Gasteiger partial charge in [0.2, 0.25) is 5.91 Å². The molecule has 1 rings (SSSR count). The van der Waals surface area contributed by atoms with E-state index in [9.17, 15) is 13.2 Å². The van der Waals surface area contributed by atoms with Crippen LogP contribution in [-0.4, -0.2) is 46.0 Å². The fraction of sp³-hybridized carbons (Fsp3) is 0.583. The topological polar surface area (TPSA) is 57.7 Å². The van der Waals surface area contributed by atoms with Crippen molar-refractivity contribution in [1.82, 2.24) is 0 Å². The summed E-state index contributed by atoms with van der Waals surface area (Å²) in [5.41, 5.74) is 3.20. The summed E-state index contributed by atoms with van der Waals surface area (Å²) in [6.45, 7) is 24.8. The van der Waals surface area contributed by atoms with Gasteiger partial charge in [0.05, 0.1) is 5.75 Å². The van der Waals surface area contributed by atoms with Gasteiger partial charge in [-0.1, -0.05) is 40.7 Å². The van der Waals surface area contributed by atoms with Gasteiger partial charge in [-0.3, -0.25) is 4.79 Å². The lowest BCUT2D eigenvalue weighted by Crippen LogP contribution is -2.25. The van der Waals surface area contributed by atoms with Crippen LogP contribution < -0.4 is 9.80 Å². The fourth-order valence-corrected chi connectivity index (χ4v) is 3.16. The van der Waals surface area contributed by atoms with E-state index in [1.54, 1.807) is 24.9 Å². The normalized spacial score (nSPS) is 9.53. The lowest BCUT2D eigenvalue weighted by molar-refractivity contribution is -0.114. The smallest absolute Gasteiger partial charge is 0.227 e. The lowest BCUT2D eigenvalue weighted by atomic mass is 10.1. The number of amides is 1. The van der Waals surface area contributed by atoms with Crippen molar-refractivity contribution in [1.29, 1.82) is 0 Å². The molecule has 0 spiro atoms. The minimum absolute atomic E-state index is 0.191. The lowest BCUT2D eigenvalue weighted by Gasteiger charge is -2.24. The first-order valence-electron chi connectivity index (χ1n) is 10.9. The van der Waals surface area contributed by atoms with Crippen LogP contribution in [0.2, 0.25) is 0 Å². The van der Waals surface area contributed by atoms with Crippen molar-refractivity contribution in [3.63, 3.8) is 0 Å². The van der Waals surface area contributed by atoms with E-state index in [4.69, 9.17) is 0 Å². The average molecular weight is 442 g/mol. The van der Waals surface area contributed by atoms with Crippen LogP contribution >= 0.6 is 0 Å². The van der Waals surface area contributed by atoms with Gasteiger partial charge in [0.1, 0.15) is 9.84 Å². The maximum absolute atomic E-state index is 11.2. The van der Waals surface area contributed by atoms with Crippen LogP contribution in [0.15, 0.2) is 30.9 Å². The summed E-state index contributed by atoms with van der Waals surface area (Å²) < 4.78 is 21.4. The zero-order valence-electron chi connectivity index (χ0n) is 20.8. The third-order valence-corrected chi connectivity index (χ3v) is 5.85. The molecular formula is C24H45N2O3S. The predicted octanol–water partition coefficient (Wildman–Crippen LogP) is 5.69. The molecule has 0 saturated heterocycles. The van der Waals surface area contributed by atoms with Crippen LogP contribution in [0.5, 0.6) is 0 Å². The standard InChI is InChI=1S/C14H21N2O.C6H12O2S.2C2H6/c1-6-16(7-2)13-8-9-14(11(3)10-13)15(5)12(4)17;1-3-5-6-9(7,8)4-2;2*1-2/h8-10H,4,6-7H2,1-3,5H3;3H,1,4-6H2,2H3;2*1-2H3. The van der Waals surface area contributed by atoms with Crippen LogP contribution in [-0.2, 0) is 14.6 Å². The van der Waals surface area contributed by atoms with E-state index in [0.29, 0.717) is 6.42 Å². The summed E-state index contributed by atoms with van der Waals surface area (Å²) >= 11 is 0. The molecule has 5 nitrogen and oxygen atoms in total. The second-order valence-electron chi connectivity index (χ2n) is 5.91. The number of carbonyl (C=O) groups is 1. The quantitative estimate of drug-likeness (QED) is 0.486. The number of benzene rings is 1. The molecule has 0 heterocycles. The van der Waals surface area contributed by atoms with Gasteiger partial charge in [-0.15, -0.1) is 6.58 Å². The van der Waals surface area contributed by atoms with Gasteiger partial charge < -0.3 is 9.80 Å². The minimum atomic E-state index is -2.75. The highest BCUT2D eigenvalue weighted by molar-refractivity contribution is 7.91. The Bertz CT molecular complexity index is 682. The van der Waals surface area contributed by atoms with Crippen molar-refractivity contribution < 1.29 is 13.2 Å². The van der Waals surface area contributed by atoms with Gasteiger partial charge in [-0.2, -0.15) is 0 Å². The van der Waals surface area contributed by atoms with Crippen molar-refractivity contribution >= 4 is 27.1 Å². The van der Waals surface area contributed by atoms with Gasteiger partial charge in [0, 0.05) is 44.2 Å². The molecule has 1 amide bonds. The summed E-state index contributed by atoms with van der Waals surface area (Å²) in [5.74, 6) is 0.289. The van der Waals surface area contributed by atoms with Crippen molar-refractivity contribution in [2.24, 2.45) is 0 Å². The van der Waals surface area contributed by atoms with Crippen LogP contribution in [0, 0.1) is 13.8 Å². The second-order valence-corrected chi connectivity index (χ2v) is 8.38. The Morgan fingerprint density at radius 3 is 1.90 bits per heavy atom. The number of hydrogen-bond acceptors (Lipinski definition) is 4. The van der Waals surface area contributed by atoms with Gasteiger partial charge >= 0.3 is 0 Å². The number of nitrogens with zero attached hydrogens (tertiary/aromatic N) is 2. The molecule has 30 heavy (non-hydrogen) atoms. The number of rotatable bonds is 8. The predicted molar refractivity (Wildman–Crippen MR) is 135 cm³/mol. The van der Waals surface area contributed by atoms with Gasteiger partial charge in [0.25, 0.3) is 0 Å². The maximum Gasteiger partial charge on any atom is 0.227 e. The fourth-order valence-electron chi connectivity index (χ4n) is 2.34. The average Bonchev–Trinajstić information content (AvgIpc) is 2.76. The third-order valence-electron chi connectivity index (χ3n) is 4.12. The van der Waals surface area contributed by atoms with Crippen molar-refractivity contribution in [3.05, 3.63) is 43.3 Å². The van der Waals surface area contributed by atoms with E-state index in [1.165, 1.54) is 5.69 Å². The highest BCUT2D eigenvalue weighted by atomic mass is 32.2. The Kier molecular flexibility index (Phi) is 21.0. The van der Waals surface area contributed by atoms with E-state index < -0.39 is 9.84 Å². The Morgan fingerprint density at radius 1 is 1.07 bits per heavy atom. The molecule has 0 saturated carbocycles. The first-order chi connectivity index (χ1) is 14.1. The maximum atomic E-state index is 11.2. The number of allylic oxidation sites excluding steroid dienone is 1. The van der Waals surface area contributed by atoms with Crippen LogP contribution in [0.25, 0.3) is 0 Å². The summed E-state index contributed by atoms with van der Waals surface area (Å²) in [6.07, 6.45) is 2.18. The van der Waals surface area contributed by atoms with Crippen LogP contribution in [0.1, 0.15) is 60.5 Å². The zero-order valence-corrected chi connectivity index (χ0v) is 21.6. The summed E-state index contributed by atoms with van der Waals surface area (Å²) in [7, 11) is -1.01. The second kappa shape index (κ2) is 19.2. The third kappa shape index (κ3) is 13.4. The summed E-state index contributed by atoms with van der Waals surface area (Å²) in [5, 5.41) is 0. The SMILES string of the molecule is C=CCCS(=O)(=O)CC.CC.CC.[CH2]C(=O)N(C)c1ccc(N(CC)CC)cc1C. The van der Waals surface area contributed by atoms with Crippen molar-refractivity contribution in [2.75, 3.05) is 41.4 Å². The largest absolute Gasteiger partial charge is 0.372 e. The van der Waals surface area contributed by atoms with Crippen molar-refractivity contribution in [3.8, 4) is 0 Å². The van der Waals surface area contributed by atoms with E-state index in [1.807, 2.05) is 40.7 Å². The summed E-state index contributed by atoms with van der Waals surface area (Å²) in [4.78, 5) is 15.1. The molecule has 1 aromatic carbocycles.